The smallest absolute Gasteiger partial charge is 0.0883 e. The zero-order chi connectivity index (χ0) is 14.6. The summed E-state index contributed by atoms with van der Waals surface area (Å²) >= 11 is 9.60. The molecule has 0 amide bonds. The first-order valence-electron chi connectivity index (χ1n) is 6.71. The monoisotopic (exact) mass is 352 g/mol. The van der Waals surface area contributed by atoms with Crippen molar-refractivity contribution < 1.29 is 5.11 Å². The molecule has 0 spiro atoms. The maximum atomic E-state index is 10.6. The van der Waals surface area contributed by atoms with E-state index in [-0.39, 0.29) is 0 Å². The minimum Gasteiger partial charge on any atom is -0.385 e. The number of benzene rings is 2. The summed E-state index contributed by atoms with van der Waals surface area (Å²) in [6.45, 7) is 1.83. The SMILES string of the molecule is CC(O)(CCCc1ccccc1)c1ccc(Br)cc1Cl. The van der Waals surface area contributed by atoms with Crippen LogP contribution in [0.2, 0.25) is 5.02 Å². The predicted octanol–water partition coefficient (Wildman–Crippen LogP) is 5.33. The van der Waals surface area contributed by atoms with Crippen molar-refractivity contribution in [2.45, 2.75) is 31.8 Å². The Labute approximate surface area is 133 Å². The van der Waals surface area contributed by atoms with Crippen molar-refractivity contribution in [2.75, 3.05) is 0 Å². The molecule has 1 atom stereocenters. The summed E-state index contributed by atoms with van der Waals surface area (Å²) in [4.78, 5) is 0. The van der Waals surface area contributed by atoms with Gasteiger partial charge in [-0.25, -0.2) is 0 Å². The molecule has 1 N–H and O–H groups in total. The first-order valence-corrected chi connectivity index (χ1v) is 7.88. The van der Waals surface area contributed by atoms with Crippen molar-refractivity contribution in [2.24, 2.45) is 0 Å². The van der Waals surface area contributed by atoms with Crippen LogP contribution in [0, 0.1) is 0 Å². The van der Waals surface area contributed by atoms with E-state index in [0.717, 1.165) is 22.9 Å². The van der Waals surface area contributed by atoms with Crippen LogP contribution in [0.1, 0.15) is 30.9 Å². The molecule has 0 heterocycles. The van der Waals surface area contributed by atoms with Crippen molar-refractivity contribution in [1.82, 2.24) is 0 Å². The van der Waals surface area contributed by atoms with E-state index in [9.17, 15) is 5.11 Å². The van der Waals surface area contributed by atoms with Crippen LogP contribution in [-0.2, 0) is 12.0 Å². The van der Waals surface area contributed by atoms with Crippen LogP contribution in [0.4, 0.5) is 0 Å². The maximum absolute atomic E-state index is 10.6. The molecule has 3 heteroatoms. The third kappa shape index (κ3) is 4.08. The van der Waals surface area contributed by atoms with Gasteiger partial charge < -0.3 is 5.11 Å². The quantitative estimate of drug-likeness (QED) is 0.770. The zero-order valence-electron chi connectivity index (χ0n) is 11.4. The lowest BCUT2D eigenvalue weighted by Gasteiger charge is -2.25. The van der Waals surface area contributed by atoms with Gasteiger partial charge in [0.2, 0.25) is 0 Å². The molecular formula is C17H18BrClO. The van der Waals surface area contributed by atoms with Gasteiger partial charge >= 0.3 is 0 Å². The molecule has 20 heavy (non-hydrogen) atoms. The summed E-state index contributed by atoms with van der Waals surface area (Å²) in [5.74, 6) is 0. The average molecular weight is 354 g/mol. The minimum absolute atomic E-state index is 0.601. The summed E-state index contributed by atoms with van der Waals surface area (Å²) in [5, 5.41) is 11.2. The third-order valence-electron chi connectivity index (χ3n) is 3.48. The highest BCUT2D eigenvalue weighted by Crippen LogP contribution is 2.33. The molecule has 0 saturated heterocycles. The third-order valence-corrected chi connectivity index (χ3v) is 4.29. The second kappa shape index (κ2) is 6.75. The fourth-order valence-corrected chi connectivity index (χ4v) is 3.22. The van der Waals surface area contributed by atoms with Crippen molar-refractivity contribution in [3.05, 3.63) is 69.2 Å². The molecule has 0 aliphatic carbocycles. The molecule has 0 bridgehead atoms. The number of hydrogen-bond donors (Lipinski definition) is 1. The van der Waals surface area contributed by atoms with Gasteiger partial charge in [0.05, 0.1) is 5.60 Å². The standard InChI is InChI=1S/C17H18BrClO/c1-17(20,15-10-9-14(18)12-16(15)19)11-5-8-13-6-3-2-4-7-13/h2-4,6-7,9-10,12,20H,5,8,11H2,1H3. The Balaban J connectivity index is 2.00. The van der Waals surface area contributed by atoms with Crippen molar-refractivity contribution >= 4 is 27.5 Å². The van der Waals surface area contributed by atoms with Gasteiger partial charge in [-0.1, -0.05) is 63.9 Å². The molecule has 0 fully saturated rings. The molecule has 0 saturated carbocycles. The Hall–Kier alpha value is -0.830. The Morgan fingerprint density at radius 2 is 1.85 bits per heavy atom. The molecule has 106 valence electrons. The number of aliphatic hydroxyl groups is 1. The van der Waals surface area contributed by atoms with Crippen LogP contribution >= 0.6 is 27.5 Å². The van der Waals surface area contributed by atoms with E-state index in [1.165, 1.54) is 5.56 Å². The van der Waals surface area contributed by atoms with Gasteiger partial charge in [0.25, 0.3) is 0 Å². The molecule has 0 aliphatic heterocycles. The minimum atomic E-state index is -0.896. The highest BCUT2D eigenvalue weighted by atomic mass is 79.9. The lowest BCUT2D eigenvalue weighted by atomic mass is 9.89. The van der Waals surface area contributed by atoms with E-state index >= 15 is 0 Å². The highest BCUT2D eigenvalue weighted by molar-refractivity contribution is 9.10. The van der Waals surface area contributed by atoms with Crippen LogP contribution in [-0.4, -0.2) is 5.11 Å². The van der Waals surface area contributed by atoms with Crippen LogP contribution in [0.15, 0.2) is 53.0 Å². The topological polar surface area (TPSA) is 20.2 Å². The van der Waals surface area contributed by atoms with Gasteiger partial charge in [-0.3, -0.25) is 0 Å². The number of hydrogen-bond acceptors (Lipinski definition) is 1. The molecule has 1 nitrogen and oxygen atoms in total. The van der Waals surface area contributed by atoms with E-state index in [1.54, 1.807) is 0 Å². The van der Waals surface area contributed by atoms with Crippen LogP contribution in [0.25, 0.3) is 0 Å². The van der Waals surface area contributed by atoms with Gasteiger partial charge in [-0.15, -0.1) is 0 Å². The summed E-state index contributed by atoms with van der Waals surface area (Å²) < 4.78 is 0.923. The first kappa shape index (κ1) is 15.6. The molecule has 1 unspecified atom stereocenters. The summed E-state index contributed by atoms with van der Waals surface area (Å²) in [6, 6.07) is 15.9. The normalized spacial score (nSPS) is 14.0. The molecule has 0 aliphatic rings. The number of aryl methyl sites for hydroxylation is 1. The first-order chi connectivity index (χ1) is 9.49. The van der Waals surface area contributed by atoms with E-state index in [1.807, 2.05) is 43.3 Å². The van der Waals surface area contributed by atoms with Crippen molar-refractivity contribution in [3.8, 4) is 0 Å². The average Bonchev–Trinajstić information content (AvgIpc) is 2.39. The molecule has 2 aromatic rings. The van der Waals surface area contributed by atoms with Gasteiger partial charge in [-0.05, 0) is 43.9 Å². The lowest BCUT2D eigenvalue weighted by molar-refractivity contribution is 0.0458. The van der Waals surface area contributed by atoms with E-state index in [2.05, 4.69) is 28.1 Å². The van der Waals surface area contributed by atoms with E-state index in [0.29, 0.717) is 11.4 Å². The van der Waals surface area contributed by atoms with Gasteiger partial charge in [0, 0.05) is 15.1 Å². The van der Waals surface area contributed by atoms with E-state index < -0.39 is 5.60 Å². The Morgan fingerprint density at radius 3 is 2.50 bits per heavy atom. The summed E-state index contributed by atoms with van der Waals surface area (Å²) in [7, 11) is 0. The van der Waals surface area contributed by atoms with Gasteiger partial charge in [-0.2, -0.15) is 0 Å². The molecule has 2 rings (SSSR count). The van der Waals surface area contributed by atoms with Gasteiger partial charge in [0.1, 0.15) is 0 Å². The number of halogens is 2. The zero-order valence-corrected chi connectivity index (χ0v) is 13.8. The Kier molecular flexibility index (Phi) is 5.25. The Morgan fingerprint density at radius 1 is 1.15 bits per heavy atom. The van der Waals surface area contributed by atoms with Crippen LogP contribution in [0.5, 0.6) is 0 Å². The number of rotatable bonds is 5. The van der Waals surface area contributed by atoms with Crippen LogP contribution < -0.4 is 0 Å². The highest BCUT2D eigenvalue weighted by Gasteiger charge is 2.25. The van der Waals surface area contributed by atoms with Gasteiger partial charge in [0.15, 0.2) is 0 Å². The van der Waals surface area contributed by atoms with Crippen LogP contribution in [0.3, 0.4) is 0 Å². The predicted molar refractivity (Wildman–Crippen MR) is 88.1 cm³/mol. The lowest BCUT2D eigenvalue weighted by Crippen LogP contribution is -2.21. The fourth-order valence-electron chi connectivity index (χ4n) is 2.34. The second-order valence-corrected chi connectivity index (χ2v) is 6.56. The summed E-state index contributed by atoms with van der Waals surface area (Å²) in [6.07, 6.45) is 2.57. The summed E-state index contributed by atoms with van der Waals surface area (Å²) in [5.41, 5.74) is 1.19. The maximum Gasteiger partial charge on any atom is 0.0883 e. The largest absolute Gasteiger partial charge is 0.385 e. The van der Waals surface area contributed by atoms with E-state index in [4.69, 9.17) is 11.6 Å². The fraction of sp³-hybridized carbons (Fsp3) is 0.294. The Bertz CT molecular complexity index is 566. The second-order valence-electron chi connectivity index (χ2n) is 5.24. The van der Waals surface area contributed by atoms with Crippen molar-refractivity contribution in [1.29, 1.82) is 0 Å². The molecular weight excluding hydrogens is 336 g/mol. The molecule has 0 radical (unpaired) electrons. The molecule has 0 aromatic heterocycles. The molecule has 2 aromatic carbocycles. The van der Waals surface area contributed by atoms with Crippen molar-refractivity contribution in [3.63, 3.8) is 0 Å².